The topological polar surface area (TPSA) is 98.8 Å². The number of rotatable bonds is 9. The molecule has 7 nitrogen and oxygen atoms in total. The monoisotopic (exact) mass is 405 g/mol. The van der Waals surface area contributed by atoms with Gasteiger partial charge in [0.25, 0.3) is 0 Å². The number of anilines is 1. The molecule has 0 radical (unpaired) electrons. The Bertz CT molecular complexity index is 918. The second-order valence-corrected chi connectivity index (χ2v) is 8.30. The molecule has 0 aliphatic carbocycles. The Morgan fingerprint density at radius 3 is 2.11 bits per heavy atom. The van der Waals surface area contributed by atoms with Gasteiger partial charge in [0.05, 0.1) is 6.26 Å². The fourth-order valence-corrected chi connectivity index (χ4v) is 2.86. The number of ether oxygens (including phenoxy) is 2. The van der Waals surface area contributed by atoms with E-state index in [9.17, 15) is 18.0 Å². The van der Waals surface area contributed by atoms with Crippen molar-refractivity contribution in [1.82, 2.24) is 0 Å². The molecule has 0 saturated carbocycles. The van der Waals surface area contributed by atoms with Crippen LogP contribution in [0.2, 0.25) is 0 Å². The summed E-state index contributed by atoms with van der Waals surface area (Å²) < 4.78 is 34.9. The molecule has 0 bridgehead atoms. The first-order valence-electron chi connectivity index (χ1n) is 8.63. The third-order valence-electron chi connectivity index (χ3n) is 3.78. The van der Waals surface area contributed by atoms with Gasteiger partial charge in [-0.1, -0.05) is 26.0 Å². The lowest BCUT2D eigenvalue weighted by Gasteiger charge is -2.09. The molecular weight excluding hydrogens is 382 g/mol. The molecule has 0 saturated heterocycles. The van der Waals surface area contributed by atoms with Crippen molar-refractivity contribution in [2.45, 2.75) is 19.8 Å². The first kappa shape index (κ1) is 21.4. The normalized spacial score (nSPS) is 11.1. The van der Waals surface area contributed by atoms with E-state index in [2.05, 4.69) is 18.6 Å². The number of carbonyl (C=O) groups is 2. The third kappa shape index (κ3) is 7.03. The highest BCUT2D eigenvalue weighted by atomic mass is 32.2. The van der Waals surface area contributed by atoms with Gasteiger partial charge in [-0.25, -0.2) is 13.2 Å². The number of nitrogens with one attached hydrogen (secondary N) is 1. The lowest BCUT2D eigenvalue weighted by molar-refractivity contribution is -0.144. The van der Waals surface area contributed by atoms with E-state index in [1.54, 1.807) is 12.1 Å². The second kappa shape index (κ2) is 9.36. The molecule has 28 heavy (non-hydrogen) atoms. The predicted molar refractivity (Wildman–Crippen MR) is 106 cm³/mol. The zero-order valence-electron chi connectivity index (χ0n) is 16.0. The summed E-state index contributed by atoms with van der Waals surface area (Å²) in [5, 5.41) is 0. The van der Waals surface area contributed by atoms with E-state index < -0.39 is 28.4 Å². The number of hydrogen-bond acceptors (Lipinski definition) is 6. The molecule has 150 valence electrons. The summed E-state index contributed by atoms with van der Waals surface area (Å²) in [6.45, 7) is 3.44. The summed E-state index contributed by atoms with van der Waals surface area (Å²) in [5.41, 5.74) is 1.81. The standard InChI is InChI=1S/C20H23NO6S/c1-14(2)15-6-10-18(11-7-15)26-13-20(23)27-12-19(22)16-4-8-17(9-5-16)21-28(3,24)25/h4-11,14,21H,12-13H2,1-3H3. The Hall–Kier alpha value is -2.87. The Kier molecular flexibility index (Phi) is 7.17. The van der Waals surface area contributed by atoms with E-state index in [-0.39, 0.29) is 6.61 Å². The highest BCUT2D eigenvalue weighted by Gasteiger charge is 2.11. The number of Topliss-reactive ketones (excluding diaryl/α,β-unsaturated/α-hetero) is 1. The van der Waals surface area contributed by atoms with Crippen LogP contribution in [0.3, 0.4) is 0 Å². The zero-order valence-corrected chi connectivity index (χ0v) is 16.8. The summed E-state index contributed by atoms with van der Waals surface area (Å²) in [6.07, 6.45) is 1.03. The molecule has 0 aromatic heterocycles. The van der Waals surface area contributed by atoms with Crippen molar-refractivity contribution >= 4 is 27.5 Å². The number of sulfonamides is 1. The summed E-state index contributed by atoms with van der Waals surface area (Å²) in [7, 11) is -3.39. The first-order valence-corrected chi connectivity index (χ1v) is 10.5. The SMILES string of the molecule is CC(C)c1ccc(OCC(=O)OCC(=O)c2ccc(NS(C)(=O)=O)cc2)cc1. The Labute approximate surface area is 164 Å². The van der Waals surface area contributed by atoms with Crippen LogP contribution in [-0.2, 0) is 19.6 Å². The predicted octanol–water partition coefficient (Wildman–Crippen LogP) is 2.99. The van der Waals surface area contributed by atoms with Gasteiger partial charge < -0.3 is 9.47 Å². The highest BCUT2D eigenvalue weighted by Crippen LogP contribution is 2.18. The van der Waals surface area contributed by atoms with Gasteiger partial charge in [0.2, 0.25) is 10.0 Å². The van der Waals surface area contributed by atoms with Crippen molar-refractivity contribution in [3.63, 3.8) is 0 Å². The van der Waals surface area contributed by atoms with Crippen molar-refractivity contribution in [3.05, 3.63) is 59.7 Å². The molecule has 0 fully saturated rings. The molecule has 0 spiro atoms. The summed E-state index contributed by atoms with van der Waals surface area (Å²) in [4.78, 5) is 23.8. The quantitative estimate of drug-likeness (QED) is 0.509. The molecular formula is C20H23NO6S. The first-order chi connectivity index (χ1) is 13.1. The van der Waals surface area contributed by atoms with Gasteiger partial charge in [0.1, 0.15) is 5.75 Å². The van der Waals surface area contributed by atoms with Gasteiger partial charge in [-0.05, 0) is 47.9 Å². The van der Waals surface area contributed by atoms with Gasteiger partial charge in [-0.2, -0.15) is 0 Å². The fourth-order valence-electron chi connectivity index (χ4n) is 2.30. The average molecular weight is 405 g/mol. The van der Waals surface area contributed by atoms with E-state index in [0.29, 0.717) is 22.9 Å². The Balaban J connectivity index is 1.79. The maximum Gasteiger partial charge on any atom is 0.344 e. The fraction of sp³-hybridized carbons (Fsp3) is 0.300. The summed E-state index contributed by atoms with van der Waals surface area (Å²) >= 11 is 0. The van der Waals surface area contributed by atoms with Crippen LogP contribution < -0.4 is 9.46 Å². The molecule has 0 amide bonds. The molecule has 0 aliphatic heterocycles. The van der Waals surface area contributed by atoms with Crippen LogP contribution in [0.4, 0.5) is 5.69 Å². The summed E-state index contributed by atoms with van der Waals surface area (Å²) in [5.74, 6) is -0.111. The number of carbonyl (C=O) groups excluding carboxylic acids is 2. The maximum absolute atomic E-state index is 12.1. The number of ketones is 1. The molecule has 0 atom stereocenters. The zero-order chi connectivity index (χ0) is 20.7. The van der Waals surface area contributed by atoms with E-state index >= 15 is 0 Å². The molecule has 8 heteroatoms. The van der Waals surface area contributed by atoms with Crippen molar-refractivity contribution in [2.75, 3.05) is 24.2 Å². The van der Waals surface area contributed by atoms with Gasteiger partial charge in [0.15, 0.2) is 19.0 Å². The van der Waals surface area contributed by atoms with Crippen molar-refractivity contribution < 1.29 is 27.5 Å². The van der Waals surface area contributed by atoms with Crippen LogP contribution in [0.25, 0.3) is 0 Å². The molecule has 2 rings (SSSR count). The van der Waals surface area contributed by atoms with Gasteiger partial charge in [0, 0.05) is 11.3 Å². The van der Waals surface area contributed by atoms with Crippen LogP contribution in [0.1, 0.15) is 35.7 Å². The Morgan fingerprint density at radius 1 is 0.964 bits per heavy atom. The third-order valence-corrected chi connectivity index (χ3v) is 4.38. The molecule has 2 aromatic carbocycles. The molecule has 0 unspecified atom stereocenters. The molecule has 1 N–H and O–H groups in total. The molecule has 0 aliphatic rings. The highest BCUT2D eigenvalue weighted by molar-refractivity contribution is 7.92. The molecule has 2 aromatic rings. The number of hydrogen-bond donors (Lipinski definition) is 1. The van der Waals surface area contributed by atoms with Crippen molar-refractivity contribution in [3.8, 4) is 5.75 Å². The number of esters is 1. The van der Waals surface area contributed by atoms with Gasteiger partial charge in [-0.15, -0.1) is 0 Å². The van der Waals surface area contributed by atoms with Crippen LogP contribution in [0.15, 0.2) is 48.5 Å². The van der Waals surface area contributed by atoms with E-state index in [4.69, 9.17) is 9.47 Å². The molecule has 0 heterocycles. The lowest BCUT2D eigenvalue weighted by atomic mass is 10.0. The largest absolute Gasteiger partial charge is 0.482 e. The smallest absolute Gasteiger partial charge is 0.344 e. The van der Waals surface area contributed by atoms with E-state index in [0.717, 1.165) is 6.26 Å². The van der Waals surface area contributed by atoms with Crippen LogP contribution in [0, 0.1) is 0 Å². The minimum absolute atomic E-state index is 0.300. The maximum atomic E-state index is 12.1. The van der Waals surface area contributed by atoms with Crippen molar-refractivity contribution in [1.29, 1.82) is 0 Å². The van der Waals surface area contributed by atoms with E-state index in [1.807, 2.05) is 12.1 Å². The minimum atomic E-state index is -3.39. The van der Waals surface area contributed by atoms with Crippen LogP contribution in [0.5, 0.6) is 5.75 Å². The Morgan fingerprint density at radius 2 is 1.57 bits per heavy atom. The minimum Gasteiger partial charge on any atom is -0.482 e. The van der Waals surface area contributed by atoms with Gasteiger partial charge >= 0.3 is 5.97 Å². The number of benzene rings is 2. The van der Waals surface area contributed by atoms with Gasteiger partial charge in [-0.3, -0.25) is 9.52 Å². The summed E-state index contributed by atoms with van der Waals surface area (Å²) in [6, 6.07) is 13.2. The second-order valence-electron chi connectivity index (χ2n) is 6.55. The van der Waals surface area contributed by atoms with E-state index in [1.165, 1.54) is 29.8 Å². The average Bonchev–Trinajstić information content (AvgIpc) is 2.64. The van der Waals surface area contributed by atoms with Crippen LogP contribution >= 0.6 is 0 Å². The van der Waals surface area contributed by atoms with Crippen molar-refractivity contribution in [2.24, 2.45) is 0 Å². The van der Waals surface area contributed by atoms with Crippen LogP contribution in [-0.4, -0.2) is 39.6 Å². The lowest BCUT2D eigenvalue weighted by Crippen LogP contribution is -2.19.